The van der Waals surface area contributed by atoms with Crippen LogP contribution < -0.4 is 0 Å². The first-order valence-corrected chi connectivity index (χ1v) is 9.93. The van der Waals surface area contributed by atoms with Crippen LogP contribution in [0, 0.1) is 6.92 Å². The first kappa shape index (κ1) is 19.3. The van der Waals surface area contributed by atoms with E-state index in [2.05, 4.69) is 4.98 Å². The molecule has 0 spiro atoms. The number of halogens is 1. The number of carbonyl (C=O) groups is 2. The van der Waals surface area contributed by atoms with Gasteiger partial charge in [-0.1, -0.05) is 48.9 Å². The Morgan fingerprint density at radius 1 is 1.17 bits per heavy atom. The van der Waals surface area contributed by atoms with E-state index in [4.69, 9.17) is 11.6 Å². The fourth-order valence-electron chi connectivity index (χ4n) is 4.09. The monoisotopic (exact) mass is 408 g/mol. The van der Waals surface area contributed by atoms with E-state index >= 15 is 0 Å². The number of aryl methyl sites for hydroxylation is 1. The van der Waals surface area contributed by atoms with Crippen LogP contribution in [-0.2, 0) is 9.59 Å². The summed E-state index contributed by atoms with van der Waals surface area (Å²) in [6.07, 6.45) is 0.697. The number of H-pyrrole nitrogens is 1. The van der Waals surface area contributed by atoms with E-state index in [1.165, 1.54) is 0 Å². The number of nitrogens with one attached hydrogen (secondary N) is 1. The molecule has 4 rings (SSSR count). The number of hydrogen-bond donors (Lipinski definition) is 2. The molecule has 0 bridgehead atoms. The zero-order valence-corrected chi connectivity index (χ0v) is 17.0. The van der Waals surface area contributed by atoms with Crippen LogP contribution in [-0.4, -0.2) is 33.2 Å². The molecule has 5 nitrogen and oxygen atoms in total. The lowest BCUT2D eigenvalue weighted by Crippen LogP contribution is -2.30. The number of aliphatic hydroxyl groups is 1. The van der Waals surface area contributed by atoms with Crippen molar-refractivity contribution in [3.05, 3.63) is 75.9 Å². The maximum atomic E-state index is 13.0. The predicted octanol–water partition coefficient (Wildman–Crippen LogP) is 4.96. The summed E-state index contributed by atoms with van der Waals surface area (Å²) in [5.74, 6) is -1.48. The van der Waals surface area contributed by atoms with E-state index < -0.39 is 17.7 Å². The third-order valence-electron chi connectivity index (χ3n) is 5.32. The number of aromatic nitrogens is 1. The Labute approximate surface area is 173 Å². The second-order valence-corrected chi connectivity index (χ2v) is 7.65. The van der Waals surface area contributed by atoms with Crippen LogP contribution in [0.2, 0.25) is 5.02 Å². The third-order valence-corrected chi connectivity index (χ3v) is 5.55. The fourth-order valence-corrected chi connectivity index (χ4v) is 4.28. The molecule has 1 amide bonds. The number of ketones is 1. The molecule has 0 saturated carbocycles. The summed E-state index contributed by atoms with van der Waals surface area (Å²) in [7, 11) is 0. The van der Waals surface area contributed by atoms with Gasteiger partial charge >= 0.3 is 0 Å². The van der Waals surface area contributed by atoms with Crippen LogP contribution in [0.5, 0.6) is 0 Å². The van der Waals surface area contributed by atoms with Gasteiger partial charge in [0.05, 0.1) is 11.6 Å². The van der Waals surface area contributed by atoms with Gasteiger partial charge in [-0.3, -0.25) is 9.59 Å². The van der Waals surface area contributed by atoms with Crippen molar-refractivity contribution in [2.75, 3.05) is 6.54 Å². The van der Waals surface area contributed by atoms with Gasteiger partial charge in [0.25, 0.3) is 11.7 Å². The lowest BCUT2D eigenvalue weighted by molar-refractivity contribution is -0.139. The maximum Gasteiger partial charge on any atom is 0.295 e. The number of nitrogens with zero attached hydrogens (tertiary/aromatic N) is 1. The minimum absolute atomic E-state index is 0.0959. The van der Waals surface area contributed by atoms with Gasteiger partial charge in [0.15, 0.2) is 0 Å². The highest BCUT2D eigenvalue weighted by Crippen LogP contribution is 2.43. The average Bonchev–Trinajstić information content (AvgIpc) is 3.15. The van der Waals surface area contributed by atoms with E-state index in [0.717, 1.165) is 22.2 Å². The summed E-state index contributed by atoms with van der Waals surface area (Å²) in [6.45, 7) is 4.29. The zero-order chi connectivity index (χ0) is 20.7. The highest BCUT2D eigenvalue weighted by atomic mass is 35.5. The topological polar surface area (TPSA) is 73.4 Å². The van der Waals surface area contributed by atoms with Crippen LogP contribution in [0.15, 0.2) is 54.1 Å². The predicted molar refractivity (Wildman–Crippen MR) is 114 cm³/mol. The highest BCUT2D eigenvalue weighted by molar-refractivity contribution is 6.46. The molecule has 1 atom stereocenters. The quantitative estimate of drug-likeness (QED) is 0.364. The van der Waals surface area contributed by atoms with Crippen LogP contribution in [0.3, 0.4) is 0 Å². The fraction of sp³-hybridized carbons (Fsp3) is 0.217. The van der Waals surface area contributed by atoms with Crippen molar-refractivity contribution in [3.63, 3.8) is 0 Å². The minimum atomic E-state index is -0.675. The molecule has 0 aliphatic carbocycles. The Morgan fingerprint density at radius 2 is 1.93 bits per heavy atom. The number of carbonyl (C=O) groups excluding carboxylic acids is 2. The van der Waals surface area contributed by atoms with Crippen molar-refractivity contribution in [2.45, 2.75) is 26.3 Å². The van der Waals surface area contributed by atoms with Crippen LogP contribution in [0.4, 0.5) is 0 Å². The number of benzene rings is 2. The zero-order valence-electron chi connectivity index (χ0n) is 16.2. The summed E-state index contributed by atoms with van der Waals surface area (Å²) >= 11 is 6.08. The SMILES string of the molecule is CCCN1C(=O)C(=O)/C(=C(/O)c2cccc(Cl)c2)C1c1c(C)[nH]c2ccccc12. The lowest BCUT2D eigenvalue weighted by Gasteiger charge is -2.25. The number of amides is 1. The Balaban J connectivity index is 2.00. The second-order valence-electron chi connectivity index (χ2n) is 7.21. The molecular formula is C23H21ClN2O3. The summed E-state index contributed by atoms with van der Waals surface area (Å²) in [4.78, 5) is 30.7. The average molecular weight is 409 g/mol. The third kappa shape index (κ3) is 3.12. The molecule has 0 radical (unpaired) electrons. The number of likely N-dealkylation sites (tertiary alicyclic amines) is 1. The van der Waals surface area contributed by atoms with Crippen LogP contribution in [0.25, 0.3) is 16.7 Å². The molecule has 1 aromatic heterocycles. The summed E-state index contributed by atoms with van der Waals surface area (Å²) in [5, 5.41) is 12.4. The van der Waals surface area contributed by atoms with E-state index in [1.54, 1.807) is 29.2 Å². The highest BCUT2D eigenvalue weighted by Gasteiger charge is 2.47. The Hall–Kier alpha value is -3.05. The number of Topliss-reactive ketones (excluding diaryl/α,β-unsaturated/α-hetero) is 1. The van der Waals surface area contributed by atoms with Gasteiger partial charge in [-0.25, -0.2) is 0 Å². The molecular weight excluding hydrogens is 388 g/mol. The molecule has 1 aliphatic heterocycles. The first-order chi connectivity index (χ1) is 13.9. The van der Waals surface area contributed by atoms with Crippen molar-refractivity contribution in [2.24, 2.45) is 0 Å². The summed E-state index contributed by atoms with van der Waals surface area (Å²) in [6, 6.07) is 13.7. The summed E-state index contributed by atoms with van der Waals surface area (Å²) < 4.78 is 0. The van der Waals surface area contributed by atoms with E-state index in [1.807, 2.05) is 38.1 Å². The van der Waals surface area contributed by atoms with Gasteiger partial charge in [0.2, 0.25) is 0 Å². The van der Waals surface area contributed by atoms with Crippen LogP contribution in [0.1, 0.15) is 36.2 Å². The molecule has 148 valence electrons. The van der Waals surface area contributed by atoms with E-state index in [0.29, 0.717) is 23.6 Å². The van der Waals surface area contributed by atoms with Gasteiger partial charge in [-0.05, 0) is 31.5 Å². The van der Waals surface area contributed by atoms with Gasteiger partial charge in [0, 0.05) is 39.3 Å². The number of fused-ring (bicyclic) bond motifs is 1. The molecule has 1 aliphatic rings. The molecule has 3 aromatic rings. The smallest absolute Gasteiger partial charge is 0.295 e. The molecule has 1 unspecified atom stereocenters. The van der Waals surface area contributed by atoms with Crippen molar-refractivity contribution in [1.82, 2.24) is 9.88 Å². The van der Waals surface area contributed by atoms with E-state index in [9.17, 15) is 14.7 Å². The maximum absolute atomic E-state index is 13.0. The van der Waals surface area contributed by atoms with Gasteiger partial charge in [-0.15, -0.1) is 0 Å². The largest absolute Gasteiger partial charge is 0.507 e. The molecule has 1 saturated heterocycles. The molecule has 2 aromatic carbocycles. The van der Waals surface area contributed by atoms with Crippen molar-refractivity contribution in [1.29, 1.82) is 0 Å². The first-order valence-electron chi connectivity index (χ1n) is 9.55. The molecule has 2 N–H and O–H groups in total. The normalized spacial score (nSPS) is 18.7. The number of para-hydroxylation sites is 1. The minimum Gasteiger partial charge on any atom is -0.507 e. The van der Waals surface area contributed by atoms with Crippen molar-refractivity contribution < 1.29 is 14.7 Å². The van der Waals surface area contributed by atoms with Crippen molar-refractivity contribution in [3.8, 4) is 0 Å². The van der Waals surface area contributed by atoms with Crippen LogP contribution >= 0.6 is 11.6 Å². The number of aliphatic hydroxyl groups excluding tert-OH is 1. The molecule has 1 fully saturated rings. The summed E-state index contributed by atoms with van der Waals surface area (Å²) in [5.41, 5.74) is 3.12. The number of aromatic amines is 1. The van der Waals surface area contributed by atoms with Gasteiger partial charge in [-0.2, -0.15) is 0 Å². The van der Waals surface area contributed by atoms with E-state index in [-0.39, 0.29) is 11.3 Å². The molecule has 29 heavy (non-hydrogen) atoms. The van der Waals surface area contributed by atoms with Gasteiger partial charge < -0.3 is 15.0 Å². The molecule has 2 heterocycles. The standard InChI is InChI=1S/C23H21ClN2O3/c1-3-11-26-20(18-13(2)25-17-10-5-4-9-16(17)18)19(22(28)23(26)29)21(27)14-7-6-8-15(24)12-14/h4-10,12,20,25,27H,3,11H2,1-2H3/b21-19+. The Morgan fingerprint density at radius 3 is 2.66 bits per heavy atom. The van der Waals surface area contributed by atoms with Crippen molar-refractivity contribution >= 4 is 40.0 Å². The molecule has 6 heteroatoms. The lowest BCUT2D eigenvalue weighted by atomic mass is 9.93. The Bertz CT molecular complexity index is 1160. The van der Waals surface area contributed by atoms with Gasteiger partial charge in [0.1, 0.15) is 5.76 Å². The number of rotatable bonds is 4. The second kappa shape index (κ2) is 7.41. The Kier molecular flexibility index (Phi) is 4.92. The number of hydrogen-bond acceptors (Lipinski definition) is 3.